The van der Waals surface area contributed by atoms with Crippen molar-refractivity contribution in [3.05, 3.63) is 0 Å². The topological polar surface area (TPSA) is 52.6 Å². The van der Waals surface area contributed by atoms with Crippen LogP contribution in [0.5, 0.6) is 0 Å². The van der Waals surface area contributed by atoms with Gasteiger partial charge < -0.3 is 9.47 Å². The van der Waals surface area contributed by atoms with Crippen molar-refractivity contribution < 1.29 is 19.1 Å². The molecule has 0 aromatic rings. The van der Waals surface area contributed by atoms with Crippen LogP contribution in [0.3, 0.4) is 0 Å². The predicted octanol–water partition coefficient (Wildman–Crippen LogP) is 1.16. The minimum Gasteiger partial charge on any atom is -0.372 e. The maximum Gasteiger partial charge on any atom is 0.334 e. The molecule has 86 valence electrons. The summed E-state index contributed by atoms with van der Waals surface area (Å²) in [6.45, 7) is 5.46. The van der Waals surface area contributed by atoms with Gasteiger partial charge in [0.05, 0.1) is 0 Å². The molecule has 0 aliphatic rings. The summed E-state index contributed by atoms with van der Waals surface area (Å²) >= 11 is 0. The number of rotatable bonds is 4. The van der Waals surface area contributed by atoms with Crippen LogP contribution >= 0.6 is 0 Å². The van der Waals surface area contributed by atoms with E-state index in [1.807, 2.05) is 13.8 Å². The second kappa shape index (κ2) is 6.53. The Balaban J connectivity index is 4.92. The summed E-state index contributed by atoms with van der Waals surface area (Å²) in [6, 6.07) is 0. The van der Waals surface area contributed by atoms with E-state index in [0.717, 1.165) is 0 Å². The SMILES string of the molecule is C#COC(=O)C(C(=O)OC#C)C(C)C(C)C. The van der Waals surface area contributed by atoms with Gasteiger partial charge in [0.1, 0.15) is 12.2 Å². The van der Waals surface area contributed by atoms with Crippen LogP contribution in [-0.4, -0.2) is 11.9 Å². The first kappa shape index (κ1) is 14.1. The van der Waals surface area contributed by atoms with E-state index in [4.69, 9.17) is 12.8 Å². The molecule has 0 aliphatic carbocycles. The third-order valence-corrected chi connectivity index (χ3v) is 2.40. The van der Waals surface area contributed by atoms with Crippen molar-refractivity contribution in [1.82, 2.24) is 0 Å². The molecule has 0 rings (SSSR count). The Morgan fingerprint density at radius 3 is 1.62 bits per heavy atom. The summed E-state index contributed by atoms with van der Waals surface area (Å²) in [4.78, 5) is 22.9. The van der Waals surface area contributed by atoms with Crippen LogP contribution in [-0.2, 0) is 19.1 Å². The third kappa shape index (κ3) is 3.67. The predicted molar refractivity (Wildman–Crippen MR) is 57.3 cm³/mol. The Kier molecular flexibility index (Phi) is 5.74. The second-order valence-electron chi connectivity index (χ2n) is 3.66. The molecular weight excluding hydrogens is 208 g/mol. The van der Waals surface area contributed by atoms with Gasteiger partial charge in [0.15, 0.2) is 5.92 Å². The molecule has 0 saturated heterocycles. The highest BCUT2D eigenvalue weighted by atomic mass is 16.5. The van der Waals surface area contributed by atoms with E-state index in [2.05, 4.69) is 9.47 Å². The third-order valence-electron chi connectivity index (χ3n) is 2.40. The van der Waals surface area contributed by atoms with Crippen molar-refractivity contribution in [3.8, 4) is 25.1 Å². The molecule has 0 saturated carbocycles. The normalized spacial score (nSPS) is 11.4. The van der Waals surface area contributed by atoms with E-state index >= 15 is 0 Å². The molecular formula is C12H14O4. The molecule has 0 aliphatic heterocycles. The molecule has 0 amide bonds. The fourth-order valence-electron chi connectivity index (χ4n) is 1.15. The van der Waals surface area contributed by atoms with Crippen molar-refractivity contribution in [2.24, 2.45) is 17.8 Å². The molecule has 0 aromatic carbocycles. The van der Waals surface area contributed by atoms with Crippen LogP contribution in [0.1, 0.15) is 20.8 Å². The number of hydrogen-bond donors (Lipinski definition) is 0. The molecule has 0 radical (unpaired) electrons. The van der Waals surface area contributed by atoms with E-state index in [1.165, 1.54) is 0 Å². The van der Waals surface area contributed by atoms with Crippen LogP contribution < -0.4 is 0 Å². The molecule has 4 nitrogen and oxygen atoms in total. The lowest BCUT2D eigenvalue weighted by Crippen LogP contribution is -2.34. The van der Waals surface area contributed by atoms with Crippen LogP contribution in [0.4, 0.5) is 0 Å². The minimum atomic E-state index is -1.09. The summed E-state index contributed by atoms with van der Waals surface area (Å²) in [5, 5.41) is 0. The van der Waals surface area contributed by atoms with Gasteiger partial charge in [0.25, 0.3) is 0 Å². The highest BCUT2D eigenvalue weighted by Crippen LogP contribution is 2.23. The average molecular weight is 222 g/mol. The van der Waals surface area contributed by atoms with Crippen LogP contribution in [0.25, 0.3) is 0 Å². The first-order chi connectivity index (χ1) is 7.45. The second-order valence-corrected chi connectivity index (χ2v) is 3.66. The summed E-state index contributed by atoms with van der Waals surface area (Å²) in [6.07, 6.45) is 13.1. The van der Waals surface area contributed by atoms with Gasteiger partial charge in [-0.3, -0.25) is 0 Å². The van der Waals surface area contributed by atoms with Gasteiger partial charge >= 0.3 is 11.9 Å². The zero-order valence-electron chi connectivity index (χ0n) is 9.52. The first-order valence-corrected chi connectivity index (χ1v) is 4.78. The molecule has 0 spiro atoms. The monoisotopic (exact) mass is 222 g/mol. The Morgan fingerprint density at radius 1 is 1.00 bits per heavy atom. The van der Waals surface area contributed by atoms with Crippen LogP contribution in [0.15, 0.2) is 0 Å². The molecule has 0 heterocycles. The number of ether oxygens (including phenoxy) is 2. The van der Waals surface area contributed by atoms with Crippen molar-refractivity contribution in [3.63, 3.8) is 0 Å². The molecule has 4 heteroatoms. The van der Waals surface area contributed by atoms with Crippen molar-refractivity contribution in [2.45, 2.75) is 20.8 Å². The largest absolute Gasteiger partial charge is 0.372 e. The van der Waals surface area contributed by atoms with Crippen molar-refractivity contribution >= 4 is 11.9 Å². The Bertz CT molecular complexity index is 315. The van der Waals surface area contributed by atoms with Gasteiger partial charge in [-0.2, -0.15) is 0 Å². The number of carbonyl (C=O) groups is 2. The quantitative estimate of drug-likeness (QED) is 0.407. The van der Waals surface area contributed by atoms with Gasteiger partial charge in [-0.1, -0.05) is 33.6 Å². The summed E-state index contributed by atoms with van der Waals surface area (Å²) in [7, 11) is 0. The maximum atomic E-state index is 11.5. The molecule has 0 N–H and O–H groups in total. The molecule has 0 fully saturated rings. The van der Waals surface area contributed by atoms with E-state index in [1.54, 1.807) is 19.1 Å². The highest BCUT2D eigenvalue weighted by Gasteiger charge is 2.36. The molecule has 0 aromatic heterocycles. The fourth-order valence-corrected chi connectivity index (χ4v) is 1.15. The van der Waals surface area contributed by atoms with Gasteiger partial charge in [0.2, 0.25) is 0 Å². The standard InChI is InChI=1S/C12H14O4/c1-6-15-11(13)10(9(5)8(3)4)12(14)16-7-2/h1-2,8-10H,3-5H3. The Morgan fingerprint density at radius 2 is 1.38 bits per heavy atom. The average Bonchev–Trinajstić information content (AvgIpc) is 2.18. The zero-order valence-corrected chi connectivity index (χ0v) is 9.52. The summed E-state index contributed by atoms with van der Waals surface area (Å²) < 4.78 is 8.72. The lowest BCUT2D eigenvalue weighted by Gasteiger charge is -2.21. The van der Waals surface area contributed by atoms with Gasteiger partial charge in [-0.05, 0) is 11.8 Å². The van der Waals surface area contributed by atoms with Gasteiger partial charge in [-0.15, -0.1) is 0 Å². The van der Waals surface area contributed by atoms with Crippen molar-refractivity contribution in [2.75, 3.05) is 0 Å². The summed E-state index contributed by atoms with van der Waals surface area (Å²) in [5.74, 6) is -2.91. The van der Waals surface area contributed by atoms with E-state index < -0.39 is 17.9 Å². The number of hydrogen-bond acceptors (Lipinski definition) is 4. The van der Waals surface area contributed by atoms with E-state index in [-0.39, 0.29) is 11.8 Å². The molecule has 0 bridgehead atoms. The number of carbonyl (C=O) groups excluding carboxylic acids is 2. The van der Waals surface area contributed by atoms with Gasteiger partial charge in [0, 0.05) is 0 Å². The molecule has 1 atom stereocenters. The lowest BCUT2D eigenvalue weighted by molar-refractivity contribution is -0.157. The number of terminal acetylenes is 2. The Hall–Kier alpha value is -1.94. The highest BCUT2D eigenvalue weighted by molar-refractivity contribution is 5.96. The van der Waals surface area contributed by atoms with E-state index in [9.17, 15) is 9.59 Å². The Labute approximate surface area is 95.3 Å². The van der Waals surface area contributed by atoms with Crippen LogP contribution in [0, 0.1) is 42.8 Å². The summed E-state index contributed by atoms with van der Waals surface area (Å²) in [5.41, 5.74) is 0. The van der Waals surface area contributed by atoms with Crippen LogP contribution in [0.2, 0.25) is 0 Å². The first-order valence-electron chi connectivity index (χ1n) is 4.78. The lowest BCUT2D eigenvalue weighted by atomic mass is 9.85. The maximum absolute atomic E-state index is 11.5. The minimum absolute atomic E-state index is 0.0839. The van der Waals surface area contributed by atoms with Crippen molar-refractivity contribution in [1.29, 1.82) is 0 Å². The fraction of sp³-hybridized carbons (Fsp3) is 0.500. The van der Waals surface area contributed by atoms with Gasteiger partial charge in [-0.25, -0.2) is 9.59 Å². The smallest absolute Gasteiger partial charge is 0.334 e. The number of esters is 2. The van der Waals surface area contributed by atoms with E-state index in [0.29, 0.717) is 0 Å². The molecule has 16 heavy (non-hydrogen) atoms. The zero-order chi connectivity index (χ0) is 12.7. The molecule has 1 unspecified atom stereocenters.